The van der Waals surface area contributed by atoms with Crippen LogP contribution in [0.15, 0.2) is 0 Å². The number of hydrogen-bond acceptors (Lipinski definition) is 4. The summed E-state index contributed by atoms with van der Waals surface area (Å²) in [5.41, 5.74) is 0.627. The zero-order valence-corrected chi connectivity index (χ0v) is 9.15. The number of carbonyl (C=O) groups excluding carboxylic acids is 1. The predicted molar refractivity (Wildman–Crippen MR) is 54.4 cm³/mol. The van der Waals surface area contributed by atoms with Gasteiger partial charge in [0, 0.05) is 5.41 Å². The van der Waals surface area contributed by atoms with Gasteiger partial charge >= 0.3 is 0 Å². The molecule has 1 aromatic heterocycles. The maximum absolute atomic E-state index is 11.9. The molecule has 1 N–H and O–H groups in total. The standard InChI is InChI=1S/C10H13NO2S/c1-6-7(5-12)14-9(11-6)8(13)10(2)3-4-10/h12H,3-5H2,1-2H3. The van der Waals surface area contributed by atoms with Gasteiger partial charge in [-0.2, -0.15) is 0 Å². The number of aryl methyl sites for hydroxylation is 1. The number of hydrogen-bond donors (Lipinski definition) is 1. The number of thiazole rings is 1. The molecular weight excluding hydrogens is 198 g/mol. The molecule has 2 rings (SSSR count). The van der Waals surface area contributed by atoms with Crippen molar-refractivity contribution < 1.29 is 9.90 Å². The lowest BCUT2D eigenvalue weighted by Crippen LogP contribution is -2.11. The van der Waals surface area contributed by atoms with Crippen molar-refractivity contribution in [3.8, 4) is 0 Å². The molecule has 0 aromatic carbocycles. The second kappa shape index (κ2) is 3.14. The number of aliphatic hydroxyl groups excluding tert-OH is 1. The van der Waals surface area contributed by atoms with Gasteiger partial charge in [0.1, 0.15) is 0 Å². The van der Waals surface area contributed by atoms with Gasteiger partial charge < -0.3 is 5.11 Å². The Hall–Kier alpha value is -0.740. The van der Waals surface area contributed by atoms with Crippen LogP contribution in [-0.2, 0) is 6.61 Å². The molecule has 0 spiro atoms. The largest absolute Gasteiger partial charge is 0.391 e. The molecule has 1 saturated carbocycles. The summed E-state index contributed by atoms with van der Waals surface area (Å²) in [6.07, 6.45) is 1.94. The van der Waals surface area contributed by atoms with Gasteiger partial charge in [0.05, 0.1) is 17.2 Å². The van der Waals surface area contributed by atoms with Gasteiger partial charge in [0.15, 0.2) is 10.8 Å². The van der Waals surface area contributed by atoms with Crippen LogP contribution in [0.1, 0.15) is 40.1 Å². The van der Waals surface area contributed by atoms with E-state index in [1.165, 1.54) is 11.3 Å². The molecule has 4 heteroatoms. The van der Waals surface area contributed by atoms with Crippen LogP contribution in [-0.4, -0.2) is 15.9 Å². The van der Waals surface area contributed by atoms with Crippen molar-refractivity contribution in [2.24, 2.45) is 5.41 Å². The molecule has 1 aliphatic carbocycles. The number of carbonyl (C=O) groups is 1. The van der Waals surface area contributed by atoms with Crippen molar-refractivity contribution in [3.05, 3.63) is 15.6 Å². The lowest BCUT2D eigenvalue weighted by molar-refractivity contribution is 0.0912. The summed E-state index contributed by atoms with van der Waals surface area (Å²) in [7, 11) is 0. The van der Waals surface area contributed by atoms with E-state index in [-0.39, 0.29) is 17.8 Å². The number of ketones is 1. The molecule has 0 saturated heterocycles. The summed E-state index contributed by atoms with van der Waals surface area (Å²) in [6, 6.07) is 0. The van der Waals surface area contributed by atoms with E-state index < -0.39 is 0 Å². The van der Waals surface area contributed by atoms with E-state index >= 15 is 0 Å². The molecule has 3 nitrogen and oxygen atoms in total. The lowest BCUT2D eigenvalue weighted by Gasteiger charge is -2.01. The minimum Gasteiger partial charge on any atom is -0.391 e. The monoisotopic (exact) mass is 211 g/mol. The quantitative estimate of drug-likeness (QED) is 0.777. The Balaban J connectivity index is 2.28. The third-order valence-electron chi connectivity index (χ3n) is 2.78. The van der Waals surface area contributed by atoms with E-state index in [9.17, 15) is 4.79 Å². The summed E-state index contributed by atoms with van der Waals surface area (Å²) in [4.78, 5) is 16.9. The molecule has 1 heterocycles. The topological polar surface area (TPSA) is 50.2 Å². The van der Waals surface area contributed by atoms with Crippen LogP contribution in [0, 0.1) is 12.3 Å². The van der Waals surface area contributed by atoms with Crippen molar-refractivity contribution in [1.29, 1.82) is 0 Å². The van der Waals surface area contributed by atoms with Gasteiger partial charge in [-0.1, -0.05) is 6.92 Å². The SMILES string of the molecule is Cc1nc(C(=O)C2(C)CC2)sc1CO. The zero-order valence-electron chi connectivity index (χ0n) is 8.33. The van der Waals surface area contributed by atoms with Crippen molar-refractivity contribution in [2.45, 2.75) is 33.3 Å². The van der Waals surface area contributed by atoms with Crippen LogP contribution in [0.25, 0.3) is 0 Å². The van der Waals surface area contributed by atoms with Crippen molar-refractivity contribution in [1.82, 2.24) is 4.98 Å². The van der Waals surface area contributed by atoms with E-state index in [4.69, 9.17) is 5.11 Å². The first-order chi connectivity index (χ1) is 6.57. The van der Waals surface area contributed by atoms with E-state index in [0.29, 0.717) is 5.01 Å². The molecular formula is C10H13NO2S. The van der Waals surface area contributed by atoms with Gasteiger partial charge in [-0.05, 0) is 19.8 Å². The van der Waals surface area contributed by atoms with Crippen LogP contribution in [0.4, 0.5) is 0 Å². The summed E-state index contributed by atoms with van der Waals surface area (Å²) in [5.74, 6) is 0.144. The van der Waals surface area contributed by atoms with Gasteiger partial charge in [-0.15, -0.1) is 11.3 Å². The normalized spacial score (nSPS) is 18.2. The van der Waals surface area contributed by atoms with E-state index in [0.717, 1.165) is 23.4 Å². The highest BCUT2D eigenvalue weighted by Gasteiger charge is 2.46. The van der Waals surface area contributed by atoms with E-state index in [1.807, 2.05) is 13.8 Å². The first-order valence-corrected chi connectivity index (χ1v) is 5.50. The fourth-order valence-corrected chi connectivity index (χ4v) is 2.36. The number of aromatic nitrogens is 1. The summed E-state index contributed by atoms with van der Waals surface area (Å²) in [6.45, 7) is 3.78. The van der Waals surface area contributed by atoms with Crippen LogP contribution >= 0.6 is 11.3 Å². The summed E-state index contributed by atoms with van der Waals surface area (Å²) >= 11 is 1.32. The van der Waals surface area contributed by atoms with Crippen LogP contribution in [0.3, 0.4) is 0 Å². The highest BCUT2D eigenvalue weighted by molar-refractivity contribution is 7.13. The molecule has 1 aromatic rings. The molecule has 0 aliphatic heterocycles. The fraction of sp³-hybridized carbons (Fsp3) is 0.600. The summed E-state index contributed by atoms with van der Waals surface area (Å²) < 4.78 is 0. The highest BCUT2D eigenvalue weighted by Crippen LogP contribution is 2.48. The van der Waals surface area contributed by atoms with Gasteiger partial charge in [-0.3, -0.25) is 4.79 Å². The molecule has 0 unspecified atom stereocenters. The Morgan fingerprint density at radius 2 is 2.29 bits per heavy atom. The van der Waals surface area contributed by atoms with Crippen LogP contribution < -0.4 is 0 Å². The molecule has 14 heavy (non-hydrogen) atoms. The van der Waals surface area contributed by atoms with E-state index in [1.54, 1.807) is 0 Å². The lowest BCUT2D eigenvalue weighted by atomic mass is 10.1. The average molecular weight is 211 g/mol. The van der Waals surface area contributed by atoms with Crippen LogP contribution in [0.5, 0.6) is 0 Å². The Labute approximate surface area is 86.8 Å². The van der Waals surface area contributed by atoms with Gasteiger partial charge in [0.25, 0.3) is 0 Å². The second-order valence-electron chi connectivity index (χ2n) is 4.08. The molecule has 0 atom stereocenters. The predicted octanol–water partition coefficient (Wildman–Crippen LogP) is 1.93. The zero-order chi connectivity index (χ0) is 10.3. The minimum absolute atomic E-state index is 0.0203. The van der Waals surface area contributed by atoms with Gasteiger partial charge in [0.2, 0.25) is 0 Å². The third kappa shape index (κ3) is 1.48. The first-order valence-electron chi connectivity index (χ1n) is 4.69. The highest BCUT2D eigenvalue weighted by atomic mass is 32.1. The molecule has 76 valence electrons. The second-order valence-corrected chi connectivity index (χ2v) is 5.16. The van der Waals surface area contributed by atoms with Crippen molar-refractivity contribution >= 4 is 17.1 Å². The average Bonchev–Trinajstić information content (AvgIpc) is 2.79. The van der Waals surface area contributed by atoms with Crippen molar-refractivity contribution in [2.75, 3.05) is 0 Å². The minimum atomic E-state index is -0.156. The Bertz CT molecular complexity index is 379. The number of aliphatic hydroxyl groups is 1. The van der Waals surface area contributed by atoms with Crippen LogP contribution in [0.2, 0.25) is 0 Å². The van der Waals surface area contributed by atoms with Crippen molar-refractivity contribution in [3.63, 3.8) is 0 Å². The fourth-order valence-electron chi connectivity index (χ4n) is 1.34. The molecule has 0 amide bonds. The Kier molecular flexibility index (Phi) is 2.20. The molecule has 1 aliphatic rings. The smallest absolute Gasteiger partial charge is 0.197 e. The van der Waals surface area contributed by atoms with Gasteiger partial charge in [-0.25, -0.2) is 4.98 Å². The molecule has 0 bridgehead atoms. The Morgan fingerprint density at radius 1 is 1.64 bits per heavy atom. The van der Waals surface area contributed by atoms with E-state index in [2.05, 4.69) is 4.98 Å². The third-order valence-corrected chi connectivity index (χ3v) is 3.92. The maximum atomic E-state index is 11.9. The first kappa shape index (κ1) is 9.80. The summed E-state index contributed by atoms with van der Waals surface area (Å²) in [5, 5.41) is 9.55. The molecule has 0 radical (unpaired) electrons. The molecule has 1 fully saturated rings. The number of rotatable bonds is 3. The Morgan fingerprint density at radius 3 is 2.71 bits per heavy atom. The maximum Gasteiger partial charge on any atom is 0.197 e. The number of Topliss-reactive ketones (excluding diaryl/α,β-unsaturated/α-hetero) is 1. The number of nitrogens with zero attached hydrogens (tertiary/aromatic N) is 1.